The molecule has 130 valence electrons. The minimum absolute atomic E-state index is 0.172. The molecule has 1 unspecified atom stereocenters. The summed E-state index contributed by atoms with van der Waals surface area (Å²) in [7, 11) is 3.35. The lowest BCUT2D eigenvalue weighted by Gasteiger charge is -2.28. The first-order chi connectivity index (χ1) is 11.9. The van der Waals surface area contributed by atoms with Crippen molar-refractivity contribution in [3.05, 3.63) is 76.9 Å². The van der Waals surface area contributed by atoms with E-state index >= 15 is 0 Å². The number of nitrogens with zero attached hydrogens (tertiary/aromatic N) is 2. The second kappa shape index (κ2) is 6.67. The van der Waals surface area contributed by atoms with Gasteiger partial charge in [-0.1, -0.05) is 35.9 Å². The third-order valence-electron chi connectivity index (χ3n) is 4.32. The Labute approximate surface area is 146 Å². The number of halogens is 2. The molecule has 0 aliphatic carbocycles. The summed E-state index contributed by atoms with van der Waals surface area (Å²) < 4.78 is 27.8. The molecule has 1 heterocycles. The lowest BCUT2D eigenvalue weighted by Crippen LogP contribution is -2.39. The second-order valence-electron chi connectivity index (χ2n) is 6.48. The third kappa shape index (κ3) is 3.40. The van der Waals surface area contributed by atoms with Gasteiger partial charge in [0, 0.05) is 26.2 Å². The van der Waals surface area contributed by atoms with Crippen LogP contribution in [0.15, 0.2) is 48.5 Å². The first kappa shape index (κ1) is 17.1. The smallest absolute Gasteiger partial charge is 0.320 e. The van der Waals surface area contributed by atoms with Gasteiger partial charge in [-0.2, -0.15) is 0 Å². The number of urea groups is 1. The zero-order valence-electron chi connectivity index (χ0n) is 14.5. The van der Waals surface area contributed by atoms with E-state index in [4.69, 9.17) is 0 Å². The molecule has 0 fully saturated rings. The Morgan fingerprint density at radius 1 is 1.16 bits per heavy atom. The van der Waals surface area contributed by atoms with E-state index in [0.717, 1.165) is 23.3 Å². The van der Waals surface area contributed by atoms with E-state index < -0.39 is 11.6 Å². The third-order valence-corrected chi connectivity index (χ3v) is 4.32. The number of benzene rings is 2. The number of hydrogen-bond donors (Lipinski definition) is 0. The first-order valence-corrected chi connectivity index (χ1v) is 8.07. The average molecular weight is 342 g/mol. The van der Waals surface area contributed by atoms with E-state index in [0.29, 0.717) is 5.57 Å². The first-order valence-electron chi connectivity index (χ1n) is 8.07. The van der Waals surface area contributed by atoms with Crippen molar-refractivity contribution in [1.29, 1.82) is 0 Å². The van der Waals surface area contributed by atoms with Crippen LogP contribution < -0.4 is 0 Å². The summed E-state index contributed by atoms with van der Waals surface area (Å²) in [5.74, 6) is -0.989. The molecule has 3 rings (SSSR count). The molecule has 0 saturated heterocycles. The van der Waals surface area contributed by atoms with Gasteiger partial charge in [0.1, 0.15) is 11.6 Å². The van der Waals surface area contributed by atoms with Gasteiger partial charge in [0.2, 0.25) is 0 Å². The number of amides is 2. The van der Waals surface area contributed by atoms with E-state index in [1.165, 1.54) is 11.0 Å². The fourth-order valence-electron chi connectivity index (χ4n) is 3.11. The lowest BCUT2D eigenvalue weighted by atomic mass is 10.0. The highest BCUT2D eigenvalue weighted by Crippen LogP contribution is 2.36. The van der Waals surface area contributed by atoms with Crippen LogP contribution in [0.4, 0.5) is 13.6 Å². The molecule has 1 aliphatic rings. The van der Waals surface area contributed by atoms with Crippen molar-refractivity contribution < 1.29 is 13.6 Å². The molecular formula is C20H20F2N2O. The molecule has 2 amide bonds. The van der Waals surface area contributed by atoms with Gasteiger partial charge in [-0.05, 0) is 36.3 Å². The van der Waals surface area contributed by atoms with Crippen molar-refractivity contribution >= 4 is 11.6 Å². The van der Waals surface area contributed by atoms with Gasteiger partial charge in [0.25, 0.3) is 0 Å². The number of rotatable bonds is 2. The number of aryl methyl sites for hydroxylation is 1. The Kier molecular flexibility index (Phi) is 4.57. The largest absolute Gasteiger partial charge is 0.331 e. The zero-order valence-corrected chi connectivity index (χ0v) is 14.5. The van der Waals surface area contributed by atoms with E-state index in [2.05, 4.69) is 0 Å². The predicted molar refractivity (Wildman–Crippen MR) is 94.0 cm³/mol. The molecule has 1 atom stereocenters. The topological polar surface area (TPSA) is 23.6 Å². The summed E-state index contributed by atoms with van der Waals surface area (Å²) in [5.41, 5.74) is 2.83. The van der Waals surface area contributed by atoms with Crippen LogP contribution in [0.25, 0.3) is 5.57 Å². The molecule has 25 heavy (non-hydrogen) atoms. The highest BCUT2D eigenvalue weighted by atomic mass is 19.1. The molecule has 0 spiro atoms. The standard InChI is InChI=1S/C20H20F2N2O/c1-13-5-4-6-14(9-13)19-10-15(12-24(19)20(25)23(2)3)17-11-16(21)7-8-18(17)22/h4-11,19H,12H2,1-3H3. The minimum Gasteiger partial charge on any atom is -0.331 e. The Hall–Kier alpha value is -2.69. The summed E-state index contributed by atoms with van der Waals surface area (Å²) in [5, 5.41) is 0. The van der Waals surface area contributed by atoms with Crippen molar-refractivity contribution in [1.82, 2.24) is 9.80 Å². The summed E-state index contributed by atoms with van der Waals surface area (Å²) in [6, 6.07) is 10.8. The van der Waals surface area contributed by atoms with Gasteiger partial charge in [-0.25, -0.2) is 13.6 Å². The lowest BCUT2D eigenvalue weighted by molar-refractivity contribution is 0.170. The minimum atomic E-state index is -0.498. The Morgan fingerprint density at radius 2 is 1.92 bits per heavy atom. The maximum atomic E-state index is 14.2. The summed E-state index contributed by atoms with van der Waals surface area (Å²) in [4.78, 5) is 15.7. The Bertz CT molecular complexity index is 845. The van der Waals surface area contributed by atoms with Crippen molar-refractivity contribution in [2.75, 3.05) is 20.6 Å². The van der Waals surface area contributed by atoms with Crippen LogP contribution in [0.3, 0.4) is 0 Å². The van der Waals surface area contributed by atoms with Gasteiger partial charge in [0.05, 0.1) is 6.04 Å². The molecule has 0 saturated carbocycles. The second-order valence-corrected chi connectivity index (χ2v) is 6.48. The molecule has 0 aromatic heterocycles. The fraction of sp³-hybridized carbons (Fsp3) is 0.250. The summed E-state index contributed by atoms with van der Waals surface area (Å²) >= 11 is 0. The molecule has 0 bridgehead atoms. The van der Waals surface area contributed by atoms with E-state index in [1.807, 2.05) is 37.3 Å². The number of hydrogen-bond acceptors (Lipinski definition) is 1. The van der Waals surface area contributed by atoms with Crippen molar-refractivity contribution in [3.8, 4) is 0 Å². The highest BCUT2D eigenvalue weighted by Gasteiger charge is 2.32. The van der Waals surface area contributed by atoms with Crippen LogP contribution >= 0.6 is 0 Å². The van der Waals surface area contributed by atoms with Crippen LogP contribution in [0.2, 0.25) is 0 Å². The molecule has 0 N–H and O–H groups in total. The van der Waals surface area contributed by atoms with E-state index in [9.17, 15) is 13.6 Å². The van der Waals surface area contributed by atoms with Crippen LogP contribution in [-0.2, 0) is 0 Å². The van der Waals surface area contributed by atoms with Gasteiger partial charge in [-0.3, -0.25) is 0 Å². The van der Waals surface area contributed by atoms with Gasteiger partial charge in [-0.15, -0.1) is 0 Å². The molecule has 2 aromatic carbocycles. The number of carbonyl (C=O) groups is 1. The fourth-order valence-corrected chi connectivity index (χ4v) is 3.11. The maximum absolute atomic E-state index is 14.2. The normalized spacial score (nSPS) is 16.8. The van der Waals surface area contributed by atoms with Crippen molar-refractivity contribution in [3.63, 3.8) is 0 Å². The molecule has 3 nitrogen and oxygen atoms in total. The number of carbonyl (C=O) groups excluding carboxylic acids is 1. The SMILES string of the molecule is Cc1cccc(C2C=C(c3cc(F)ccc3F)CN2C(=O)N(C)C)c1. The average Bonchev–Trinajstić information content (AvgIpc) is 3.01. The molecule has 5 heteroatoms. The van der Waals surface area contributed by atoms with E-state index in [1.54, 1.807) is 19.0 Å². The monoisotopic (exact) mass is 342 g/mol. The van der Waals surface area contributed by atoms with Gasteiger partial charge >= 0.3 is 6.03 Å². The van der Waals surface area contributed by atoms with Crippen LogP contribution in [0.5, 0.6) is 0 Å². The van der Waals surface area contributed by atoms with Crippen molar-refractivity contribution in [2.24, 2.45) is 0 Å². The molecular weight excluding hydrogens is 322 g/mol. The van der Waals surface area contributed by atoms with Crippen molar-refractivity contribution in [2.45, 2.75) is 13.0 Å². The van der Waals surface area contributed by atoms with E-state index in [-0.39, 0.29) is 24.2 Å². The zero-order chi connectivity index (χ0) is 18.1. The quantitative estimate of drug-likeness (QED) is 0.794. The predicted octanol–water partition coefficient (Wildman–Crippen LogP) is 4.40. The summed E-state index contributed by atoms with van der Waals surface area (Å²) in [6.45, 7) is 2.21. The molecule has 2 aromatic rings. The van der Waals surface area contributed by atoms with Gasteiger partial charge < -0.3 is 9.80 Å². The Balaban J connectivity index is 2.05. The highest BCUT2D eigenvalue weighted by molar-refractivity contribution is 5.82. The molecule has 0 radical (unpaired) electrons. The maximum Gasteiger partial charge on any atom is 0.320 e. The Morgan fingerprint density at radius 3 is 2.60 bits per heavy atom. The summed E-state index contributed by atoms with van der Waals surface area (Å²) in [6.07, 6.45) is 1.84. The van der Waals surface area contributed by atoms with Gasteiger partial charge in [0.15, 0.2) is 0 Å². The van der Waals surface area contributed by atoms with Crippen LogP contribution in [-0.4, -0.2) is 36.5 Å². The van der Waals surface area contributed by atoms with Crippen LogP contribution in [0.1, 0.15) is 22.7 Å². The molecule has 1 aliphatic heterocycles. The van der Waals surface area contributed by atoms with Crippen LogP contribution in [0, 0.1) is 18.6 Å².